The predicted molar refractivity (Wildman–Crippen MR) is 230 cm³/mol. The third-order valence-electron chi connectivity index (χ3n) is 13.1. The first-order valence-corrected chi connectivity index (χ1v) is 22.6. The number of rotatable bonds is 21. The van der Waals surface area contributed by atoms with Crippen LogP contribution in [0.4, 0.5) is 9.59 Å². The minimum atomic E-state index is -0.375. The number of likely N-dealkylation sites (tertiary alicyclic amines) is 1. The molecule has 7 atom stereocenters. The van der Waals surface area contributed by atoms with Crippen molar-refractivity contribution in [1.29, 1.82) is 0 Å². The number of benzene rings is 2. The molecule has 2 amide bonds. The van der Waals surface area contributed by atoms with Gasteiger partial charge >= 0.3 is 12.2 Å². The first-order valence-electron chi connectivity index (χ1n) is 22.6. The summed E-state index contributed by atoms with van der Waals surface area (Å²) in [5, 5.41) is 5.82. The van der Waals surface area contributed by atoms with E-state index < -0.39 is 0 Å². The van der Waals surface area contributed by atoms with Crippen LogP contribution in [-0.2, 0) is 31.8 Å². The quantitative estimate of drug-likeness (QED) is 0.119. The van der Waals surface area contributed by atoms with Gasteiger partial charge in [0, 0.05) is 32.2 Å². The van der Waals surface area contributed by atoms with Gasteiger partial charge in [-0.2, -0.15) is 0 Å². The topological polar surface area (TPSA) is 135 Å². The van der Waals surface area contributed by atoms with E-state index in [1.54, 1.807) is 28.4 Å². The molecule has 1 saturated heterocycles. The van der Waals surface area contributed by atoms with Crippen LogP contribution < -0.4 is 29.6 Å². The number of hydrogen-bond acceptors (Lipinski definition) is 11. The molecule has 0 radical (unpaired) electrons. The van der Waals surface area contributed by atoms with E-state index in [0.717, 1.165) is 112 Å². The zero-order valence-electron chi connectivity index (χ0n) is 36.6. The lowest BCUT2D eigenvalue weighted by atomic mass is 9.77. The summed E-state index contributed by atoms with van der Waals surface area (Å²) < 4.78 is 46.3. The molecule has 60 heavy (non-hydrogen) atoms. The third kappa shape index (κ3) is 13.3. The van der Waals surface area contributed by atoms with E-state index in [4.69, 9.17) is 37.9 Å². The van der Waals surface area contributed by atoms with Gasteiger partial charge in [-0.3, -0.25) is 4.90 Å². The maximum atomic E-state index is 12.7. The number of amides is 2. The van der Waals surface area contributed by atoms with Gasteiger partial charge in [0.25, 0.3) is 0 Å². The molecule has 6 rings (SSSR count). The Hall–Kier alpha value is -3.94. The third-order valence-corrected chi connectivity index (χ3v) is 13.1. The number of nitrogens with zero attached hydrogens (tertiary/aromatic N) is 1. The van der Waals surface area contributed by atoms with Crippen LogP contribution in [-0.4, -0.2) is 115 Å². The van der Waals surface area contributed by atoms with E-state index in [2.05, 4.69) is 27.7 Å². The van der Waals surface area contributed by atoms with Crippen molar-refractivity contribution in [2.24, 2.45) is 11.8 Å². The molecule has 1 heterocycles. The monoisotopic (exact) mass is 838 g/mol. The van der Waals surface area contributed by atoms with Gasteiger partial charge < -0.3 is 48.5 Å². The van der Waals surface area contributed by atoms with Crippen LogP contribution in [0.3, 0.4) is 0 Å². The average Bonchev–Trinajstić information content (AvgIpc) is 3.94. The Labute approximate surface area is 357 Å². The summed E-state index contributed by atoms with van der Waals surface area (Å²) in [6.45, 7) is 3.95. The van der Waals surface area contributed by atoms with E-state index >= 15 is 0 Å². The SMILES string of the molecule is COc1ccc(CCO[C@@H]2CCCCC2N2CC[C@@H](OC(=O)NCCCCNC(=O)OC3CCC([C@@H]4CCCC[C@H]4OCCc4ccc(OC)c(OC)c4)C3)C2)cc1OC. The maximum Gasteiger partial charge on any atom is 0.407 e. The van der Waals surface area contributed by atoms with Gasteiger partial charge in [0.1, 0.15) is 12.2 Å². The molecule has 3 unspecified atom stereocenters. The number of nitrogens with one attached hydrogen (secondary N) is 2. The van der Waals surface area contributed by atoms with Crippen molar-refractivity contribution in [3.05, 3.63) is 47.5 Å². The normalized spacial score (nSPS) is 25.6. The highest BCUT2D eigenvalue weighted by molar-refractivity contribution is 5.67. The zero-order valence-corrected chi connectivity index (χ0v) is 36.6. The van der Waals surface area contributed by atoms with Gasteiger partial charge in [-0.1, -0.05) is 37.8 Å². The van der Waals surface area contributed by atoms with E-state index in [1.807, 2.05) is 24.3 Å². The molecule has 2 aromatic carbocycles. The molecular formula is C47H71N3O10. The van der Waals surface area contributed by atoms with Crippen LogP contribution in [0.2, 0.25) is 0 Å². The molecule has 3 aliphatic carbocycles. The summed E-state index contributed by atoms with van der Waals surface area (Å²) in [7, 11) is 6.61. The second-order valence-corrected chi connectivity index (χ2v) is 17.0. The highest BCUT2D eigenvalue weighted by Gasteiger charge is 2.39. The number of carbonyl (C=O) groups excluding carboxylic acids is 2. The van der Waals surface area contributed by atoms with Crippen molar-refractivity contribution in [1.82, 2.24) is 15.5 Å². The molecule has 13 heteroatoms. The lowest BCUT2D eigenvalue weighted by Crippen LogP contribution is -2.46. The van der Waals surface area contributed by atoms with Crippen LogP contribution in [0.15, 0.2) is 36.4 Å². The van der Waals surface area contributed by atoms with Crippen LogP contribution in [0, 0.1) is 11.8 Å². The first kappa shape index (κ1) is 45.6. The molecule has 0 spiro atoms. The lowest BCUT2D eigenvalue weighted by molar-refractivity contribution is -0.0320. The van der Waals surface area contributed by atoms with Crippen molar-refractivity contribution < 1.29 is 47.5 Å². The summed E-state index contributed by atoms with van der Waals surface area (Å²) in [5.74, 6) is 3.95. The van der Waals surface area contributed by atoms with Gasteiger partial charge in [0.05, 0.1) is 53.9 Å². The molecule has 0 bridgehead atoms. The van der Waals surface area contributed by atoms with Gasteiger partial charge in [0.15, 0.2) is 23.0 Å². The molecule has 13 nitrogen and oxygen atoms in total. The number of hydrogen-bond donors (Lipinski definition) is 2. The van der Waals surface area contributed by atoms with Crippen LogP contribution in [0.5, 0.6) is 23.0 Å². The molecule has 334 valence electrons. The van der Waals surface area contributed by atoms with Gasteiger partial charge in [0.2, 0.25) is 0 Å². The van der Waals surface area contributed by atoms with E-state index in [1.165, 1.54) is 37.7 Å². The van der Waals surface area contributed by atoms with Crippen molar-refractivity contribution in [3.8, 4) is 23.0 Å². The number of alkyl carbamates (subject to hydrolysis) is 2. The fourth-order valence-electron chi connectivity index (χ4n) is 9.93. The number of ether oxygens (including phenoxy) is 8. The molecule has 1 aliphatic heterocycles. The van der Waals surface area contributed by atoms with Crippen LogP contribution in [0.1, 0.15) is 101 Å². The molecule has 3 saturated carbocycles. The van der Waals surface area contributed by atoms with Crippen molar-refractivity contribution in [2.75, 3.05) is 67.8 Å². The summed E-state index contributed by atoms with van der Waals surface area (Å²) in [6.07, 6.45) is 15.5. The summed E-state index contributed by atoms with van der Waals surface area (Å²) in [4.78, 5) is 27.8. The van der Waals surface area contributed by atoms with Crippen LogP contribution in [0.25, 0.3) is 0 Å². The predicted octanol–water partition coefficient (Wildman–Crippen LogP) is 7.89. The minimum absolute atomic E-state index is 0.0565. The minimum Gasteiger partial charge on any atom is -0.493 e. The van der Waals surface area contributed by atoms with E-state index in [0.29, 0.717) is 44.2 Å². The van der Waals surface area contributed by atoms with Gasteiger partial charge in [-0.05, 0) is 124 Å². The van der Waals surface area contributed by atoms with E-state index in [9.17, 15) is 9.59 Å². The standard InChI is InChI=1S/C47H71N3O10/c1-53-42-19-15-33(29-44(42)55-3)22-27-57-40-13-7-5-11-38(40)35-17-18-36(31-35)59-46(51)48-24-9-10-25-49-47(52)60-37-21-26-50(32-37)39-12-6-8-14-41(39)58-28-23-34-16-20-43(54-2)45(30-34)56-4/h15-16,19-20,29-30,35-41H,5-14,17-18,21-28,31-32H2,1-4H3,(H,48,51)(H,49,52)/t35?,36?,37-,38+,39?,40-,41-/m1/s1. The van der Waals surface area contributed by atoms with Gasteiger partial charge in [-0.15, -0.1) is 0 Å². The van der Waals surface area contributed by atoms with E-state index in [-0.39, 0.29) is 36.6 Å². The highest BCUT2D eigenvalue weighted by Crippen LogP contribution is 2.42. The summed E-state index contributed by atoms with van der Waals surface area (Å²) in [6, 6.07) is 12.4. The van der Waals surface area contributed by atoms with Crippen molar-refractivity contribution in [2.45, 2.75) is 133 Å². The summed E-state index contributed by atoms with van der Waals surface area (Å²) in [5.41, 5.74) is 2.32. The second-order valence-electron chi connectivity index (χ2n) is 17.0. The lowest BCUT2D eigenvalue weighted by Gasteiger charge is -2.37. The molecule has 4 aliphatic rings. The fraction of sp³-hybridized carbons (Fsp3) is 0.702. The smallest absolute Gasteiger partial charge is 0.407 e. The second kappa shape index (κ2) is 23.9. The highest BCUT2D eigenvalue weighted by atomic mass is 16.6. The molecule has 2 aromatic rings. The maximum absolute atomic E-state index is 12.7. The average molecular weight is 838 g/mol. The Morgan fingerprint density at radius 2 is 1.17 bits per heavy atom. The Morgan fingerprint density at radius 1 is 0.617 bits per heavy atom. The van der Waals surface area contributed by atoms with Gasteiger partial charge in [-0.25, -0.2) is 9.59 Å². The molecule has 0 aromatic heterocycles. The van der Waals surface area contributed by atoms with Crippen molar-refractivity contribution >= 4 is 12.2 Å². The molecule has 4 fully saturated rings. The number of carbonyl (C=O) groups is 2. The Morgan fingerprint density at radius 3 is 1.78 bits per heavy atom. The summed E-state index contributed by atoms with van der Waals surface area (Å²) >= 11 is 0. The van der Waals surface area contributed by atoms with Crippen LogP contribution >= 0.6 is 0 Å². The number of methoxy groups -OCH3 is 4. The molecule has 2 N–H and O–H groups in total. The Kier molecular flexibility index (Phi) is 18.2. The number of unbranched alkanes of at least 4 members (excludes halogenated alkanes) is 1. The first-order chi connectivity index (χ1) is 29.4. The molecular weight excluding hydrogens is 767 g/mol. The Bertz CT molecular complexity index is 1510. The fourth-order valence-corrected chi connectivity index (χ4v) is 9.93. The zero-order chi connectivity index (χ0) is 42.1. The Balaban J connectivity index is 0.807. The van der Waals surface area contributed by atoms with Crippen molar-refractivity contribution in [3.63, 3.8) is 0 Å². The largest absolute Gasteiger partial charge is 0.493 e.